The largest absolute Gasteiger partial charge is 0.339 e. The van der Waals surface area contributed by atoms with Gasteiger partial charge in [-0.15, -0.1) is 0 Å². The molecule has 8 heteroatoms. The fraction of sp³-hybridized carbons (Fsp3) is 0.278. The Hall–Kier alpha value is -2.48. The number of likely N-dealkylation sites (tertiary alicyclic amines) is 1. The molecule has 1 aliphatic heterocycles. The molecular weight excluding hydrogens is 362 g/mol. The second-order valence-electron chi connectivity index (χ2n) is 6.05. The molecule has 0 aliphatic carbocycles. The Morgan fingerprint density at radius 2 is 1.54 bits per heavy atom. The molecule has 1 amide bonds. The summed E-state index contributed by atoms with van der Waals surface area (Å²) < 4.78 is 54.8. The van der Waals surface area contributed by atoms with Crippen molar-refractivity contribution in [2.75, 3.05) is 17.8 Å². The molecule has 2 aromatic carbocycles. The van der Waals surface area contributed by atoms with Crippen LogP contribution in [0.25, 0.3) is 0 Å². The number of carbonyl (C=O) groups is 1. The number of nitrogens with one attached hydrogen (secondary N) is 1. The predicted molar refractivity (Wildman–Crippen MR) is 93.4 cm³/mol. The highest BCUT2D eigenvalue weighted by molar-refractivity contribution is 7.92. The molecule has 3 rings (SSSR count). The van der Waals surface area contributed by atoms with Gasteiger partial charge in [0.25, 0.3) is 15.9 Å². The molecule has 0 saturated carbocycles. The molecule has 0 radical (unpaired) electrons. The van der Waals surface area contributed by atoms with E-state index < -0.39 is 26.6 Å². The highest BCUT2D eigenvalue weighted by atomic mass is 32.2. The summed E-state index contributed by atoms with van der Waals surface area (Å²) in [5.74, 6) is -2.70. The van der Waals surface area contributed by atoms with Crippen LogP contribution in [0.5, 0.6) is 0 Å². The molecule has 1 heterocycles. The number of nitrogens with zero attached hydrogens (tertiary/aromatic N) is 1. The summed E-state index contributed by atoms with van der Waals surface area (Å²) in [6.07, 6.45) is 2.82. The lowest BCUT2D eigenvalue weighted by molar-refractivity contribution is 0.0725. The first kappa shape index (κ1) is 18.3. The molecule has 1 aliphatic rings. The van der Waals surface area contributed by atoms with Gasteiger partial charge in [0.2, 0.25) is 0 Å². The third kappa shape index (κ3) is 3.70. The minimum absolute atomic E-state index is 0.00859. The van der Waals surface area contributed by atoms with E-state index in [0.717, 1.165) is 37.5 Å². The van der Waals surface area contributed by atoms with E-state index in [9.17, 15) is 22.0 Å². The molecule has 0 atom stereocenters. The Morgan fingerprint density at radius 3 is 2.19 bits per heavy atom. The average Bonchev–Trinajstić information content (AvgIpc) is 2.61. The van der Waals surface area contributed by atoms with Crippen LogP contribution < -0.4 is 4.72 Å². The Morgan fingerprint density at radius 1 is 0.923 bits per heavy atom. The number of anilines is 1. The lowest BCUT2D eigenvalue weighted by Gasteiger charge is -2.27. The Labute approximate surface area is 150 Å². The maximum Gasteiger partial charge on any atom is 0.267 e. The predicted octanol–water partition coefficient (Wildman–Crippen LogP) is 3.39. The van der Waals surface area contributed by atoms with Crippen molar-refractivity contribution in [2.45, 2.75) is 24.2 Å². The van der Waals surface area contributed by atoms with E-state index >= 15 is 0 Å². The van der Waals surface area contributed by atoms with Crippen molar-refractivity contribution in [1.29, 1.82) is 0 Å². The minimum atomic E-state index is -4.53. The highest BCUT2D eigenvalue weighted by Gasteiger charge is 2.27. The Bertz CT molecular complexity index is 906. The average molecular weight is 380 g/mol. The number of sulfonamides is 1. The van der Waals surface area contributed by atoms with Crippen LogP contribution in [0.3, 0.4) is 0 Å². The molecule has 1 N–H and O–H groups in total. The summed E-state index contributed by atoms with van der Waals surface area (Å²) in [6, 6.07) is 8.85. The molecule has 0 aromatic heterocycles. The van der Waals surface area contributed by atoms with Gasteiger partial charge in [-0.05, 0) is 43.5 Å². The summed E-state index contributed by atoms with van der Waals surface area (Å²) in [7, 11) is -4.53. The van der Waals surface area contributed by atoms with Crippen molar-refractivity contribution < 1.29 is 22.0 Å². The van der Waals surface area contributed by atoms with Gasteiger partial charge in [0.05, 0.1) is 11.3 Å². The van der Waals surface area contributed by atoms with E-state index in [0.29, 0.717) is 13.1 Å². The zero-order valence-electron chi connectivity index (χ0n) is 13.9. The molecule has 0 spiro atoms. The molecule has 26 heavy (non-hydrogen) atoms. The van der Waals surface area contributed by atoms with Gasteiger partial charge in [-0.1, -0.05) is 18.2 Å². The summed E-state index contributed by atoms with van der Waals surface area (Å²) >= 11 is 0. The molecule has 1 saturated heterocycles. The van der Waals surface area contributed by atoms with Crippen molar-refractivity contribution in [3.63, 3.8) is 0 Å². The number of hydrogen-bond donors (Lipinski definition) is 1. The van der Waals surface area contributed by atoms with Crippen molar-refractivity contribution >= 4 is 21.6 Å². The van der Waals surface area contributed by atoms with Crippen molar-refractivity contribution in [1.82, 2.24) is 4.90 Å². The number of halogens is 2. The zero-order chi connectivity index (χ0) is 18.7. The smallest absolute Gasteiger partial charge is 0.267 e. The molecule has 0 bridgehead atoms. The van der Waals surface area contributed by atoms with Crippen LogP contribution in [-0.2, 0) is 10.0 Å². The quantitative estimate of drug-likeness (QED) is 0.884. The van der Waals surface area contributed by atoms with Crippen LogP contribution in [-0.4, -0.2) is 32.3 Å². The number of benzene rings is 2. The summed E-state index contributed by atoms with van der Waals surface area (Å²) in [6.45, 7) is 1.20. The topological polar surface area (TPSA) is 66.5 Å². The van der Waals surface area contributed by atoms with Crippen LogP contribution >= 0.6 is 0 Å². The normalized spacial score (nSPS) is 14.9. The van der Waals surface area contributed by atoms with Crippen molar-refractivity contribution in [3.05, 3.63) is 59.7 Å². The van der Waals surface area contributed by atoms with Gasteiger partial charge in [0, 0.05) is 13.1 Å². The number of hydrogen-bond acceptors (Lipinski definition) is 3. The molecule has 5 nitrogen and oxygen atoms in total. The van der Waals surface area contributed by atoms with Gasteiger partial charge in [0.1, 0.15) is 11.6 Å². The van der Waals surface area contributed by atoms with Crippen molar-refractivity contribution in [2.24, 2.45) is 0 Å². The van der Waals surface area contributed by atoms with E-state index in [1.807, 2.05) is 0 Å². The molecular formula is C18H18F2N2O3S. The van der Waals surface area contributed by atoms with Gasteiger partial charge in [-0.25, -0.2) is 17.2 Å². The standard InChI is InChI=1S/C18H18F2N2O3S/c19-14-8-6-9-15(20)17(14)26(24,25)21-16-10-3-2-7-13(16)18(23)22-11-4-1-5-12-22/h2-3,6-10,21H,1,4-5,11-12H2. The SMILES string of the molecule is O=C(c1ccccc1NS(=O)(=O)c1c(F)cccc1F)N1CCCCC1. The van der Waals surface area contributed by atoms with Crippen molar-refractivity contribution in [3.8, 4) is 0 Å². The lowest BCUT2D eigenvalue weighted by atomic mass is 10.1. The maximum absolute atomic E-state index is 13.9. The minimum Gasteiger partial charge on any atom is -0.339 e. The lowest BCUT2D eigenvalue weighted by Crippen LogP contribution is -2.36. The number of para-hydroxylation sites is 1. The summed E-state index contributed by atoms with van der Waals surface area (Å²) in [5, 5.41) is 0. The van der Waals surface area contributed by atoms with Crippen LogP contribution in [0.1, 0.15) is 29.6 Å². The van der Waals surface area contributed by atoms with Gasteiger partial charge in [0.15, 0.2) is 4.90 Å². The number of rotatable bonds is 4. The summed E-state index contributed by atoms with van der Waals surface area (Å²) in [5.41, 5.74) is 0.139. The highest BCUT2D eigenvalue weighted by Crippen LogP contribution is 2.25. The third-order valence-electron chi connectivity index (χ3n) is 4.23. The van der Waals surface area contributed by atoms with Crippen LogP contribution in [0.15, 0.2) is 47.4 Å². The van der Waals surface area contributed by atoms with Crippen LogP contribution in [0.4, 0.5) is 14.5 Å². The summed E-state index contributed by atoms with van der Waals surface area (Å²) in [4.78, 5) is 13.3. The van der Waals surface area contributed by atoms with Crippen LogP contribution in [0.2, 0.25) is 0 Å². The first-order valence-electron chi connectivity index (χ1n) is 8.25. The van der Waals surface area contributed by atoms with Gasteiger partial charge in [-0.2, -0.15) is 0 Å². The second-order valence-corrected chi connectivity index (χ2v) is 7.67. The second kappa shape index (κ2) is 7.41. The monoisotopic (exact) mass is 380 g/mol. The molecule has 0 unspecified atom stereocenters. The van der Waals surface area contributed by atoms with Gasteiger partial charge in [-0.3, -0.25) is 9.52 Å². The van der Waals surface area contributed by atoms with Crippen LogP contribution in [0, 0.1) is 11.6 Å². The van der Waals surface area contributed by atoms with Gasteiger partial charge < -0.3 is 4.90 Å². The third-order valence-corrected chi connectivity index (χ3v) is 5.65. The van der Waals surface area contributed by atoms with E-state index in [1.165, 1.54) is 12.1 Å². The number of piperidine rings is 1. The molecule has 1 fully saturated rings. The van der Waals surface area contributed by atoms with E-state index in [-0.39, 0.29) is 17.2 Å². The first-order chi connectivity index (χ1) is 12.4. The Kier molecular flexibility index (Phi) is 5.22. The molecule has 138 valence electrons. The number of carbonyl (C=O) groups excluding carboxylic acids is 1. The fourth-order valence-corrected chi connectivity index (χ4v) is 4.18. The van der Waals surface area contributed by atoms with E-state index in [4.69, 9.17) is 0 Å². The zero-order valence-corrected chi connectivity index (χ0v) is 14.7. The van der Waals surface area contributed by atoms with E-state index in [1.54, 1.807) is 17.0 Å². The fourth-order valence-electron chi connectivity index (χ4n) is 2.96. The Balaban J connectivity index is 1.94. The van der Waals surface area contributed by atoms with E-state index in [2.05, 4.69) is 4.72 Å². The van der Waals surface area contributed by atoms with Gasteiger partial charge >= 0.3 is 0 Å². The number of amides is 1. The maximum atomic E-state index is 13.9. The molecule has 2 aromatic rings. The first-order valence-corrected chi connectivity index (χ1v) is 9.73.